The zero-order chi connectivity index (χ0) is 22.8. The molecule has 10 nitrogen and oxygen atoms in total. The van der Waals surface area contributed by atoms with Crippen LogP contribution in [0.15, 0.2) is 32.1 Å². The number of hydrogen-bond donors (Lipinski definition) is 6. The van der Waals surface area contributed by atoms with E-state index in [1.807, 2.05) is 10.8 Å². The number of nitrogens with two attached hydrogens (primary N) is 4. The maximum atomic E-state index is 5.38. The predicted molar refractivity (Wildman–Crippen MR) is 133 cm³/mol. The van der Waals surface area contributed by atoms with Gasteiger partial charge >= 0.3 is 0 Å². The Kier molecular flexibility index (Phi) is 9.11. The number of guanidine groups is 2. The van der Waals surface area contributed by atoms with E-state index in [1.165, 1.54) is 34.1 Å². The van der Waals surface area contributed by atoms with E-state index in [0.29, 0.717) is 10.3 Å². The number of thiazole rings is 2. The van der Waals surface area contributed by atoms with Crippen LogP contribution < -0.4 is 33.6 Å². The van der Waals surface area contributed by atoms with Crippen molar-refractivity contribution in [1.29, 1.82) is 0 Å². The molecule has 1 aliphatic rings. The Balaban J connectivity index is 1.25. The summed E-state index contributed by atoms with van der Waals surface area (Å²) in [7, 11) is 0. The molecule has 0 atom stereocenters. The van der Waals surface area contributed by atoms with E-state index < -0.39 is 0 Å². The fourth-order valence-electron chi connectivity index (χ4n) is 3.25. The van der Waals surface area contributed by atoms with E-state index in [-0.39, 0.29) is 11.9 Å². The van der Waals surface area contributed by atoms with Crippen LogP contribution >= 0.6 is 22.7 Å². The average Bonchev–Trinajstić information content (AvgIpc) is 3.34. The lowest BCUT2D eigenvalue weighted by molar-refractivity contribution is 0.565. The minimum absolute atomic E-state index is 0.0471. The Morgan fingerprint density at radius 3 is 1.56 bits per heavy atom. The molecule has 0 radical (unpaired) electrons. The van der Waals surface area contributed by atoms with Gasteiger partial charge in [0.25, 0.3) is 0 Å². The summed E-state index contributed by atoms with van der Waals surface area (Å²) in [5.74, 6) is 0.0942. The van der Waals surface area contributed by atoms with E-state index in [1.54, 1.807) is 0 Å². The third kappa shape index (κ3) is 8.00. The number of unbranched alkanes of at least 4 members (excludes halogenated alkanes) is 2. The van der Waals surface area contributed by atoms with Crippen LogP contribution in [0.25, 0.3) is 0 Å². The molecule has 0 aliphatic heterocycles. The van der Waals surface area contributed by atoms with Gasteiger partial charge in [-0.3, -0.25) is 0 Å². The van der Waals surface area contributed by atoms with Gasteiger partial charge in [-0.15, -0.1) is 22.7 Å². The number of hydrogen-bond acceptors (Lipinski definition) is 8. The van der Waals surface area contributed by atoms with Crippen LogP contribution in [-0.2, 0) is 12.8 Å². The largest absolute Gasteiger partial charge is 0.387 e. The van der Waals surface area contributed by atoms with Crippen LogP contribution in [0.5, 0.6) is 0 Å². The van der Waals surface area contributed by atoms with Crippen molar-refractivity contribution >= 4 is 44.9 Å². The standard InChI is InChI=1S/C20H32N10S2/c21-17(22)29-19-27-13(11-31-19)5-1-3-9-25-15-7-8-16(15)26-10-4-2-6-14-12-32-20(28-14)30-18(23)24/h11-12,25-26H,1-10H2,(H4,21,22,27,29)(H4,23,24,28,30). The van der Waals surface area contributed by atoms with Crippen molar-refractivity contribution in [2.24, 2.45) is 32.9 Å². The van der Waals surface area contributed by atoms with Gasteiger partial charge in [0, 0.05) is 35.2 Å². The zero-order valence-corrected chi connectivity index (χ0v) is 19.8. The molecule has 10 N–H and O–H groups in total. The number of aliphatic imine (C=N–C) groups is 2. The summed E-state index contributed by atoms with van der Waals surface area (Å²) < 4.78 is 0. The van der Waals surface area contributed by atoms with Crippen LogP contribution in [-0.4, -0.2) is 35.0 Å². The molecule has 0 amide bonds. The molecular weight excluding hydrogens is 444 g/mol. The Morgan fingerprint density at radius 2 is 1.19 bits per heavy atom. The van der Waals surface area contributed by atoms with Gasteiger partial charge in [0.2, 0.25) is 10.3 Å². The number of aryl methyl sites for hydroxylation is 2. The van der Waals surface area contributed by atoms with Crippen LogP contribution in [0.1, 0.15) is 49.9 Å². The fourth-order valence-corrected chi connectivity index (χ4v) is 4.73. The van der Waals surface area contributed by atoms with Gasteiger partial charge in [0.15, 0.2) is 11.9 Å². The van der Waals surface area contributed by atoms with E-state index in [4.69, 9.17) is 22.9 Å². The summed E-state index contributed by atoms with van der Waals surface area (Å²) in [5, 5.41) is 12.4. The fraction of sp³-hybridized carbons (Fsp3) is 0.500. The Morgan fingerprint density at radius 1 is 0.750 bits per heavy atom. The van der Waals surface area contributed by atoms with E-state index in [0.717, 1.165) is 75.8 Å². The van der Waals surface area contributed by atoms with Crippen LogP contribution in [0.4, 0.5) is 10.3 Å². The van der Waals surface area contributed by atoms with Crippen molar-refractivity contribution in [2.75, 3.05) is 13.1 Å². The van der Waals surface area contributed by atoms with Gasteiger partial charge in [-0.2, -0.15) is 9.98 Å². The van der Waals surface area contributed by atoms with Crippen molar-refractivity contribution in [3.05, 3.63) is 33.5 Å². The van der Waals surface area contributed by atoms with Gasteiger partial charge in [0.05, 0.1) is 11.4 Å². The highest BCUT2D eigenvalue weighted by atomic mass is 32.1. The molecule has 0 spiro atoms. The van der Waals surface area contributed by atoms with Crippen molar-refractivity contribution in [3.63, 3.8) is 0 Å². The monoisotopic (exact) mass is 476 g/mol. The first-order valence-corrected chi connectivity index (χ1v) is 12.5. The zero-order valence-electron chi connectivity index (χ0n) is 18.1. The lowest BCUT2D eigenvalue weighted by Crippen LogP contribution is -2.30. The van der Waals surface area contributed by atoms with Gasteiger partial charge in [-0.25, -0.2) is 9.97 Å². The summed E-state index contributed by atoms with van der Waals surface area (Å²) >= 11 is 2.93. The second kappa shape index (κ2) is 12.2. The maximum Gasteiger partial charge on any atom is 0.212 e. The van der Waals surface area contributed by atoms with Crippen molar-refractivity contribution in [2.45, 2.75) is 51.4 Å². The highest BCUT2D eigenvalue weighted by Gasteiger charge is 2.16. The molecule has 2 aromatic rings. The molecule has 0 unspecified atom stereocenters. The predicted octanol–water partition coefficient (Wildman–Crippen LogP) is 1.94. The number of aromatic nitrogens is 2. The first-order chi connectivity index (χ1) is 15.5. The van der Waals surface area contributed by atoms with E-state index in [2.05, 4.69) is 30.6 Å². The summed E-state index contributed by atoms with van der Waals surface area (Å²) in [6.45, 7) is 1.96. The molecule has 0 fully saturated rings. The molecule has 174 valence electrons. The number of nitrogens with zero attached hydrogens (tertiary/aromatic N) is 4. The molecule has 32 heavy (non-hydrogen) atoms. The van der Waals surface area contributed by atoms with Crippen molar-refractivity contribution in [1.82, 2.24) is 20.6 Å². The van der Waals surface area contributed by atoms with Crippen molar-refractivity contribution < 1.29 is 0 Å². The second-order valence-corrected chi connectivity index (χ2v) is 9.21. The van der Waals surface area contributed by atoms with E-state index >= 15 is 0 Å². The van der Waals surface area contributed by atoms with Gasteiger partial charge in [0.1, 0.15) is 0 Å². The topological polar surface area (TPSA) is 179 Å². The smallest absolute Gasteiger partial charge is 0.212 e. The van der Waals surface area contributed by atoms with E-state index in [9.17, 15) is 0 Å². The third-order valence-corrected chi connectivity index (χ3v) is 6.48. The molecule has 0 aromatic carbocycles. The first kappa shape index (κ1) is 23.8. The third-order valence-electron chi connectivity index (χ3n) is 4.91. The molecule has 0 saturated carbocycles. The SMILES string of the molecule is NC(N)=Nc1nc(CCCCNC2=C(NCCCCc3csc(N=C(N)N)n3)CC2)cs1. The summed E-state index contributed by atoms with van der Waals surface area (Å²) in [6.07, 6.45) is 8.49. The second-order valence-electron chi connectivity index (χ2n) is 7.54. The summed E-state index contributed by atoms with van der Waals surface area (Å²) in [5.41, 5.74) is 26.3. The minimum Gasteiger partial charge on any atom is -0.387 e. The lowest BCUT2D eigenvalue weighted by atomic mass is 10.0. The number of rotatable bonds is 14. The molecule has 2 heterocycles. The Labute approximate surface area is 196 Å². The van der Waals surface area contributed by atoms with Crippen LogP contribution in [0.2, 0.25) is 0 Å². The molecule has 0 bridgehead atoms. The number of allylic oxidation sites excluding steroid dienone is 2. The molecule has 12 heteroatoms. The highest BCUT2D eigenvalue weighted by molar-refractivity contribution is 7.13. The lowest BCUT2D eigenvalue weighted by Gasteiger charge is -2.26. The van der Waals surface area contributed by atoms with Gasteiger partial charge in [-0.05, 0) is 51.4 Å². The highest BCUT2D eigenvalue weighted by Crippen LogP contribution is 2.24. The van der Waals surface area contributed by atoms with Gasteiger partial charge < -0.3 is 33.6 Å². The summed E-state index contributed by atoms with van der Waals surface area (Å²) in [4.78, 5) is 16.8. The molecule has 2 aromatic heterocycles. The van der Waals surface area contributed by atoms with Crippen LogP contribution in [0.3, 0.4) is 0 Å². The van der Waals surface area contributed by atoms with Crippen LogP contribution in [0, 0.1) is 0 Å². The number of nitrogens with one attached hydrogen (secondary N) is 2. The molecular formula is C20H32N10S2. The quantitative estimate of drug-likeness (QED) is 0.136. The maximum absolute atomic E-state index is 5.38. The van der Waals surface area contributed by atoms with Crippen molar-refractivity contribution in [3.8, 4) is 0 Å². The molecule has 3 rings (SSSR count). The normalized spacial score (nSPS) is 12.9. The summed E-state index contributed by atoms with van der Waals surface area (Å²) in [6, 6.07) is 0. The van der Waals surface area contributed by atoms with Gasteiger partial charge in [-0.1, -0.05) is 0 Å². The first-order valence-electron chi connectivity index (χ1n) is 10.8. The molecule has 0 saturated heterocycles. The molecule has 1 aliphatic carbocycles. The minimum atomic E-state index is 0.0471. The average molecular weight is 477 g/mol. The Bertz CT molecular complexity index is 875. The Hall–Kier alpha value is -2.86.